The Morgan fingerprint density at radius 1 is 1.32 bits per heavy atom. The lowest BCUT2D eigenvalue weighted by Gasteiger charge is -2.32. The highest BCUT2D eigenvalue weighted by atomic mass is 32.1. The number of hydrogen-bond acceptors (Lipinski definition) is 4. The Morgan fingerprint density at radius 3 is 2.82 bits per heavy atom. The Morgan fingerprint density at radius 2 is 2.14 bits per heavy atom. The van der Waals surface area contributed by atoms with Crippen LogP contribution in [0.3, 0.4) is 0 Å². The first kappa shape index (κ1) is 21.1. The van der Waals surface area contributed by atoms with E-state index in [2.05, 4.69) is 39.6 Å². The number of hydrogen-bond donors (Lipinski definition) is 1. The normalized spacial score (nSPS) is 17.3. The van der Waals surface area contributed by atoms with Crippen molar-refractivity contribution in [3.05, 3.63) is 46.7 Å². The predicted octanol–water partition coefficient (Wildman–Crippen LogP) is 5.08. The van der Waals surface area contributed by atoms with Gasteiger partial charge in [0.15, 0.2) is 5.11 Å². The van der Waals surface area contributed by atoms with E-state index in [9.17, 15) is 0 Å². The molecule has 0 aliphatic carbocycles. The van der Waals surface area contributed by atoms with Gasteiger partial charge in [0.25, 0.3) is 0 Å². The highest BCUT2D eigenvalue weighted by molar-refractivity contribution is 7.80. The summed E-state index contributed by atoms with van der Waals surface area (Å²) in [5.41, 5.74) is 0.992. The van der Waals surface area contributed by atoms with Gasteiger partial charge in [-0.1, -0.05) is 13.0 Å². The third kappa shape index (κ3) is 6.47. The van der Waals surface area contributed by atoms with Gasteiger partial charge in [-0.15, -0.1) is 11.3 Å². The summed E-state index contributed by atoms with van der Waals surface area (Å²) in [5, 5.41) is 6.30. The van der Waals surface area contributed by atoms with Crippen molar-refractivity contribution in [3.8, 4) is 5.75 Å². The zero-order valence-corrected chi connectivity index (χ0v) is 18.5. The zero-order valence-electron chi connectivity index (χ0n) is 16.9. The van der Waals surface area contributed by atoms with E-state index in [1.165, 1.54) is 30.8 Å². The molecule has 4 nitrogen and oxygen atoms in total. The maximum Gasteiger partial charge on any atom is 0.173 e. The first-order chi connectivity index (χ1) is 13.6. The molecule has 0 amide bonds. The van der Waals surface area contributed by atoms with Crippen molar-refractivity contribution in [2.24, 2.45) is 5.92 Å². The van der Waals surface area contributed by atoms with Crippen molar-refractivity contribution in [1.29, 1.82) is 0 Å². The maximum absolute atomic E-state index is 5.75. The molecule has 1 aliphatic heterocycles. The van der Waals surface area contributed by atoms with Gasteiger partial charge in [-0.2, -0.15) is 0 Å². The molecule has 1 N–H and O–H groups in total. The second kappa shape index (κ2) is 10.8. The highest BCUT2D eigenvalue weighted by Crippen LogP contribution is 2.19. The second-order valence-corrected chi connectivity index (χ2v) is 8.98. The van der Waals surface area contributed by atoms with E-state index >= 15 is 0 Å². The minimum atomic E-state index is 0.783. The molecule has 1 atom stereocenters. The third-order valence-electron chi connectivity index (χ3n) is 5.20. The third-order valence-corrected chi connectivity index (χ3v) is 6.42. The number of rotatable bonds is 8. The summed E-state index contributed by atoms with van der Waals surface area (Å²) in [6.07, 6.45) is 3.83. The Balaban J connectivity index is 1.56. The van der Waals surface area contributed by atoms with Gasteiger partial charge in [0.05, 0.1) is 13.7 Å². The summed E-state index contributed by atoms with van der Waals surface area (Å²) in [7, 11) is 1.68. The molecule has 6 heteroatoms. The largest absolute Gasteiger partial charge is 0.497 e. The van der Waals surface area contributed by atoms with Gasteiger partial charge < -0.3 is 19.9 Å². The van der Waals surface area contributed by atoms with Crippen LogP contribution in [0.25, 0.3) is 0 Å². The Hall–Kier alpha value is -1.63. The predicted molar refractivity (Wildman–Crippen MR) is 123 cm³/mol. The van der Waals surface area contributed by atoms with Crippen LogP contribution >= 0.6 is 23.6 Å². The minimum absolute atomic E-state index is 0.783. The molecule has 2 heterocycles. The number of likely N-dealkylation sites (tertiary alicyclic amines) is 1. The van der Waals surface area contributed by atoms with E-state index in [0.717, 1.165) is 48.5 Å². The van der Waals surface area contributed by atoms with E-state index in [4.69, 9.17) is 17.0 Å². The van der Waals surface area contributed by atoms with Crippen molar-refractivity contribution in [3.63, 3.8) is 0 Å². The number of nitrogens with zero attached hydrogens (tertiary/aromatic N) is 2. The van der Waals surface area contributed by atoms with Gasteiger partial charge in [-0.25, -0.2) is 0 Å². The molecule has 1 aromatic heterocycles. The van der Waals surface area contributed by atoms with Crippen LogP contribution in [0, 0.1) is 5.92 Å². The fourth-order valence-corrected chi connectivity index (χ4v) is 4.69. The Kier molecular flexibility index (Phi) is 8.13. The van der Waals surface area contributed by atoms with E-state index in [1.807, 2.05) is 24.3 Å². The van der Waals surface area contributed by atoms with E-state index in [1.54, 1.807) is 18.4 Å². The molecular weight excluding hydrogens is 386 g/mol. The average Bonchev–Trinajstić information content (AvgIpc) is 3.21. The molecule has 0 radical (unpaired) electrons. The fourth-order valence-electron chi connectivity index (χ4n) is 3.69. The first-order valence-electron chi connectivity index (χ1n) is 10.1. The van der Waals surface area contributed by atoms with Crippen LogP contribution in [-0.4, -0.2) is 48.2 Å². The van der Waals surface area contributed by atoms with Crippen molar-refractivity contribution in [2.75, 3.05) is 38.6 Å². The molecule has 0 unspecified atom stereocenters. The summed E-state index contributed by atoms with van der Waals surface area (Å²) < 4.78 is 5.24. The second-order valence-electron chi connectivity index (χ2n) is 7.56. The van der Waals surface area contributed by atoms with Crippen LogP contribution in [0.15, 0.2) is 41.8 Å². The summed E-state index contributed by atoms with van der Waals surface area (Å²) in [5.74, 6) is 1.68. The van der Waals surface area contributed by atoms with E-state index in [-0.39, 0.29) is 0 Å². The molecular formula is C22H31N3OS2. The molecule has 1 aromatic carbocycles. The number of thiophene rings is 1. The number of ether oxygens (including phenoxy) is 1. The van der Waals surface area contributed by atoms with Crippen molar-refractivity contribution in [2.45, 2.75) is 32.7 Å². The lowest BCUT2D eigenvalue weighted by atomic mass is 10.0. The number of anilines is 1. The molecule has 152 valence electrons. The lowest BCUT2D eigenvalue weighted by Crippen LogP contribution is -2.39. The van der Waals surface area contributed by atoms with Crippen LogP contribution in [0.2, 0.25) is 0 Å². The van der Waals surface area contributed by atoms with Crippen LogP contribution in [0.1, 0.15) is 31.1 Å². The minimum Gasteiger partial charge on any atom is -0.497 e. The fraction of sp³-hybridized carbons (Fsp3) is 0.500. The molecule has 0 bridgehead atoms. The number of nitrogens with one attached hydrogen (secondary N) is 1. The average molecular weight is 418 g/mol. The molecule has 1 fully saturated rings. The molecule has 1 aliphatic rings. The van der Waals surface area contributed by atoms with Gasteiger partial charge in [0.1, 0.15) is 5.75 Å². The van der Waals surface area contributed by atoms with Crippen molar-refractivity contribution < 1.29 is 4.74 Å². The Bertz CT molecular complexity index is 718. The summed E-state index contributed by atoms with van der Waals surface area (Å²) in [4.78, 5) is 6.24. The van der Waals surface area contributed by atoms with Crippen molar-refractivity contribution >= 4 is 34.4 Å². The number of thiocarbonyl (C=S) groups is 1. The Labute approximate surface area is 178 Å². The zero-order chi connectivity index (χ0) is 19.8. The van der Waals surface area contributed by atoms with Gasteiger partial charge in [0.2, 0.25) is 0 Å². The topological polar surface area (TPSA) is 27.7 Å². The van der Waals surface area contributed by atoms with Crippen LogP contribution in [0.4, 0.5) is 5.69 Å². The standard InChI is InChI=1S/C22H31N3OS2/c1-18-6-3-12-24(16-18)13-5-14-25(17-21-7-4-15-28-21)22(27)23-19-8-10-20(26-2)11-9-19/h4,7-11,15,18H,3,5-6,12-14,16-17H2,1-2H3,(H,23,27)/t18-/m1/s1. The molecule has 2 aromatic rings. The SMILES string of the molecule is COc1ccc(NC(=S)N(CCCN2CCC[C@@H](C)C2)Cc2cccs2)cc1. The van der Waals surface area contributed by atoms with E-state index in [0.29, 0.717) is 0 Å². The molecule has 1 saturated heterocycles. The monoisotopic (exact) mass is 417 g/mol. The number of piperidine rings is 1. The quantitative estimate of drug-likeness (QED) is 0.605. The molecule has 3 rings (SSSR count). The van der Waals surface area contributed by atoms with Gasteiger partial charge >= 0.3 is 0 Å². The van der Waals surface area contributed by atoms with Gasteiger partial charge in [0, 0.05) is 23.7 Å². The van der Waals surface area contributed by atoms with Crippen LogP contribution in [-0.2, 0) is 6.54 Å². The summed E-state index contributed by atoms with van der Waals surface area (Å²) in [6, 6.07) is 12.2. The van der Waals surface area contributed by atoms with Crippen molar-refractivity contribution in [1.82, 2.24) is 9.80 Å². The number of benzene rings is 1. The van der Waals surface area contributed by atoms with Gasteiger partial charge in [-0.3, -0.25) is 0 Å². The molecule has 0 spiro atoms. The lowest BCUT2D eigenvalue weighted by molar-refractivity contribution is 0.177. The smallest absolute Gasteiger partial charge is 0.173 e. The maximum atomic E-state index is 5.75. The molecule has 28 heavy (non-hydrogen) atoms. The van der Waals surface area contributed by atoms with Gasteiger partial charge in [-0.05, 0) is 86.2 Å². The van der Waals surface area contributed by atoms with Crippen LogP contribution < -0.4 is 10.1 Å². The summed E-state index contributed by atoms with van der Waals surface area (Å²) in [6.45, 7) is 7.81. The number of methoxy groups -OCH3 is 1. The van der Waals surface area contributed by atoms with Crippen LogP contribution in [0.5, 0.6) is 5.75 Å². The summed E-state index contributed by atoms with van der Waals surface area (Å²) >= 11 is 7.54. The first-order valence-corrected chi connectivity index (χ1v) is 11.4. The van der Waals surface area contributed by atoms with E-state index < -0.39 is 0 Å². The molecule has 0 saturated carbocycles. The highest BCUT2D eigenvalue weighted by Gasteiger charge is 2.17.